The van der Waals surface area contributed by atoms with Gasteiger partial charge >= 0.3 is 0 Å². The number of aromatic nitrogens is 1. The van der Waals surface area contributed by atoms with Crippen molar-refractivity contribution in [2.75, 3.05) is 7.11 Å². The van der Waals surface area contributed by atoms with E-state index in [2.05, 4.69) is 10.3 Å². The lowest BCUT2D eigenvalue weighted by atomic mass is 10.0. The average molecular weight is 282 g/mol. The Morgan fingerprint density at radius 2 is 2.00 bits per heavy atom. The zero-order valence-corrected chi connectivity index (χ0v) is 12.0. The number of rotatable bonds is 5. The van der Waals surface area contributed by atoms with Gasteiger partial charge in [-0.25, -0.2) is 0 Å². The van der Waals surface area contributed by atoms with Gasteiger partial charge in [-0.2, -0.15) is 0 Å². The zero-order valence-electron chi connectivity index (χ0n) is 12.0. The Labute approximate surface area is 124 Å². The fraction of sp³-hybridized carbons (Fsp3) is 0.294. The van der Waals surface area contributed by atoms with Crippen molar-refractivity contribution in [1.82, 2.24) is 10.3 Å². The lowest BCUT2D eigenvalue weighted by molar-refractivity contribution is 0.0926. The van der Waals surface area contributed by atoms with Gasteiger partial charge in [-0.3, -0.25) is 9.78 Å². The summed E-state index contributed by atoms with van der Waals surface area (Å²) >= 11 is 0. The molecule has 0 aliphatic heterocycles. The molecule has 1 aromatic heterocycles. The van der Waals surface area contributed by atoms with Crippen LogP contribution in [-0.2, 0) is 0 Å². The molecule has 1 aromatic carbocycles. The molecule has 1 aliphatic rings. The van der Waals surface area contributed by atoms with Crippen molar-refractivity contribution in [3.8, 4) is 5.75 Å². The summed E-state index contributed by atoms with van der Waals surface area (Å²) < 4.78 is 5.18. The third-order valence-corrected chi connectivity index (χ3v) is 3.75. The second-order valence-electron chi connectivity index (χ2n) is 5.28. The van der Waals surface area contributed by atoms with Crippen LogP contribution in [0.4, 0.5) is 0 Å². The summed E-state index contributed by atoms with van der Waals surface area (Å²) in [5.41, 5.74) is 1.57. The van der Waals surface area contributed by atoms with Crippen molar-refractivity contribution in [3.05, 3.63) is 59.9 Å². The fourth-order valence-electron chi connectivity index (χ4n) is 2.43. The van der Waals surface area contributed by atoms with E-state index >= 15 is 0 Å². The molecular weight excluding hydrogens is 264 g/mol. The second kappa shape index (κ2) is 5.95. The molecule has 108 valence electrons. The number of benzene rings is 1. The van der Waals surface area contributed by atoms with Gasteiger partial charge in [-0.1, -0.05) is 18.2 Å². The zero-order chi connectivity index (χ0) is 14.7. The van der Waals surface area contributed by atoms with Gasteiger partial charge in [0.15, 0.2) is 0 Å². The van der Waals surface area contributed by atoms with E-state index in [1.54, 1.807) is 25.4 Å². The molecule has 1 amide bonds. The number of hydrogen-bond acceptors (Lipinski definition) is 3. The van der Waals surface area contributed by atoms with Gasteiger partial charge in [0, 0.05) is 6.20 Å². The van der Waals surface area contributed by atoms with Crippen LogP contribution in [0.3, 0.4) is 0 Å². The lowest BCUT2D eigenvalue weighted by Gasteiger charge is -2.19. The Morgan fingerprint density at radius 3 is 2.57 bits per heavy atom. The van der Waals surface area contributed by atoms with E-state index in [1.165, 1.54) is 0 Å². The van der Waals surface area contributed by atoms with E-state index in [-0.39, 0.29) is 11.9 Å². The lowest BCUT2D eigenvalue weighted by Crippen LogP contribution is -2.30. The van der Waals surface area contributed by atoms with Crippen molar-refractivity contribution in [1.29, 1.82) is 0 Å². The van der Waals surface area contributed by atoms with Crippen LogP contribution in [0.2, 0.25) is 0 Å². The Balaban J connectivity index is 1.77. The molecule has 1 unspecified atom stereocenters. The topological polar surface area (TPSA) is 51.2 Å². The van der Waals surface area contributed by atoms with E-state index in [0.29, 0.717) is 11.6 Å². The van der Waals surface area contributed by atoms with Crippen LogP contribution < -0.4 is 10.1 Å². The van der Waals surface area contributed by atoms with E-state index < -0.39 is 0 Å². The molecule has 1 aliphatic carbocycles. The maximum Gasteiger partial charge on any atom is 0.270 e. The van der Waals surface area contributed by atoms with Gasteiger partial charge in [0.25, 0.3) is 5.91 Å². The molecular formula is C17H18N2O2. The number of nitrogens with zero attached hydrogens (tertiary/aromatic N) is 1. The Kier molecular flexibility index (Phi) is 3.86. The monoisotopic (exact) mass is 282 g/mol. The average Bonchev–Trinajstić information content (AvgIpc) is 3.38. The molecule has 3 rings (SSSR count). The van der Waals surface area contributed by atoms with Gasteiger partial charge in [0.1, 0.15) is 11.4 Å². The fourth-order valence-corrected chi connectivity index (χ4v) is 2.43. The first kappa shape index (κ1) is 13.6. The van der Waals surface area contributed by atoms with Crippen LogP contribution in [-0.4, -0.2) is 18.0 Å². The molecule has 21 heavy (non-hydrogen) atoms. The largest absolute Gasteiger partial charge is 0.497 e. The number of amides is 1. The Morgan fingerprint density at radius 1 is 1.24 bits per heavy atom. The first-order valence-corrected chi connectivity index (χ1v) is 7.14. The number of ether oxygens (including phenoxy) is 1. The highest BCUT2D eigenvalue weighted by Crippen LogP contribution is 2.41. The molecule has 0 spiro atoms. The molecule has 0 saturated heterocycles. The van der Waals surface area contributed by atoms with Crippen LogP contribution in [0.5, 0.6) is 5.75 Å². The highest BCUT2D eigenvalue weighted by Gasteiger charge is 2.33. The minimum atomic E-state index is -0.122. The molecule has 1 N–H and O–H groups in total. The molecule has 1 atom stereocenters. The van der Waals surface area contributed by atoms with E-state index in [1.807, 2.05) is 30.3 Å². The molecule has 0 radical (unpaired) electrons. The van der Waals surface area contributed by atoms with Gasteiger partial charge in [0.05, 0.1) is 13.2 Å². The summed E-state index contributed by atoms with van der Waals surface area (Å²) in [7, 11) is 1.65. The molecule has 0 bridgehead atoms. The molecule has 1 fully saturated rings. The number of methoxy groups -OCH3 is 1. The molecule has 1 heterocycles. The van der Waals surface area contributed by atoms with Gasteiger partial charge in [-0.15, -0.1) is 0 Å². The normalized spacial score (nSPS) is 15.3. The molecule has 1 saturated carbocycles. The SMILES string of the molecule is COc1ccc(C(NC(=O)c2ccccn2)C2CC2)cc1. The predicted molar refractivity (Wildman–Crippen MR) is 80.2 cm³/mol. The Bertz CT molecular complexity index is 606. The first-order valence-electron chi connectivity index (χ1n) is 7.14. The van der Waals surface area contributed by atoms with Gasteiger partial charge < -0.3 is 10.1 Å². The van der Waals surface area contributed by atoms with Crippen molar-refractivity contribution in [2.45, 2.75) is 18.9 Å². The summed E-state index contributed by atoms with van der Waals surface area (Å²) in [5, 5.41) is 3.11. The number of carbonyl (C=O) groups excluding carboxylic acids is 1. The molecule has 4 nitrogen and oxygen atoms in total. The van der Waals surface area contributed by atoms with Crippen LogP contribution in [0.25, 0.3) is 0 Å². The summed E-state index contributed by atoms with van der Waals surface area (Å²) in [6, 6.07) is 13.3. The van der Waals surface area contributed by atoms with Crippen LogP contribution in [0.15, 0.2) is 48.7 Å². The Hall–Kier alpha value is -2.36. The van der Waals surface area contributed by atoms with Crippen LogP contribution in [0.1, 0.15) is 34.9 Å². The number of pyridine rings is 1. The molecule has 2 aromatic rings. The van der Waals surface area contributed by atoms with E-state index in [4.69, 9.17) is 4.74 Å². The number of nitrogens with one attached hydrogen (secondary N) is 1. The van der Waals surface area contributed by atoms with E-state index in [0.717, 1.165) is 24.2 Å². The number of carbonyl (C=O) groups is 1. The highest BCUT2D eigenvalue weighted by atomic mass is 16.5. The predicted octanol–water partition coefficient (Wildman–Crippen LogP) is 2.97. The number of hydrogen-bond donors (Lipinski definition) is 1. The summed E-state index contributed by atoms with van der Waals surface area (Å²) in [4.78, 5) is 16.4. The smallest absolute Gasteiger partial charge is 0.270 e. The van der Waals surface area contributed by atoms with Gasteiger partial charge in [-0.05, 0) is 48.6 Å². The third-order valence-electron chi connectivity index (χ3n) is 3.75. The quantitative estimate of drug-likeness (QED) is 0.917. The maximum absolute atomic E-state index is 12.3. The second-order valence-corrected chi connectivity index (χ2v) is 5.28. The standard InChI is InChI=1S/C17H18N2O2/c1-21-14-9-7-13(8-10-14)16(12-5-6-12)19-17(20)15-4-2-3-11-18-15/h2-4,7-12,16H,5-6H2,1H3,(H,19,20). The van der Waals surface area contributed by atoms with Crippen molar-refractivity contribution >= 4 is 5.91 Å². The van der Waals surface area contributed by atoms with Crippen molar-refractivity contribution in [3.63, 3.8) is 0 Å². The minimum Gasteiger partial charge on any atom is -0.497 e. The third kappa shape index (κ3) is 3.21. The molecule has 4 heteroatoms. The van der Waals surface area contributed by atoms with Gasteiger partial charge in [0.2, 0.25) is 0 Å². The van der Waals surface area contributed by atoms with E-state index in [9.17, 15) is 4.79 Å². The van der Waals surface area contributed by atoms with Crippen molar-refractivity contribution in [2.24, 2.45) is 5.92 Å². The summed E-state index contributed by atoms with van der Waals surface area (Å²) in [5.74, 6) is 1.22. The van der Waals surface area contributed by atoms with Crippen LogP contribution in [0, 0.1) is 5.92 Å². The minimum absolute atomic E-state index is 0.0467. The summed E-state index contributed by atoms with van der Waals surface area (Å²) in [6.07, 6.45) is 3.94. The van der Waals surface area contributed by atoms with Crippen LogP contribution >= 0.6 is 0 Å². The highest BCUT2D eigenvalue weighted by molar-refractivity contribution is 5.92. The maximum atomic E-state index is 12.3. The van der Waals surface area contributed by atoms with Crippen molar-refractivity contribution < 1.29 is 9.53 Å². The summed E-state index contributed by atoms with van der Waals surface area (Å²) in [6.45, 7) is 0. The first-order chi connectivity index (χ1) is 10.3.